The Balaban J connectivity index is 0.000000177. The summed E-state index contributed by atoms with van der Waals surface area (Å²) < 4.78 is 0. The van der Waals surface area contributed by atoms with Crippen LogP contribution in [0.15, 0.2) is 0 Å². The number of aliphatic hydroxyl groups excluding tert-OH is 2. The quantitative estimate of drug-likeness (QED) is 0.231. The van der Waals surface area contributed by atoms with Crippen LogP contribution >= 0.6 is 0 Å². The number of carbonyl (C=O) groups is 2. The average Bonchev–Trinajstić information content (AvgIpc) is 3.70. The molecule has 0 spiro atoms. The molecule has 0 aromatic rings. The van der Waals surface area contributed by atoms with Gasteiger partial charge in [0.15, 0.2) is 0 Å². The van der Waals surface area contributed by atoms with Crippen molar-refractivity contribution in [2.45, 2.75) is 223 Å². The molecule has 2 N–H and O–H groups in total. The van der Waals surface area contributed by atoms with Crippen LogP contribution in [-0.4, -0.2) is 34.0 Å². The molecule has 4 nitrogen and oxygen atoms in total. The van der Waals surface area contributed by atoms with Gasteiger partial charge in [0, 0.05) is 25.7 Å². The Morgan fingerprint density at radius 2 is 0.862 bits per heavy atom. The van der Waals surface area contributed by atoms with E-state index in [1.54, 1.807) is 0 Å². The van der Waals surface area contributed by atoms with Crippen molar-refractivity contribution >= 4 is 11.6 Å². The molecular weight excluding hydrogens is 713 g/mol. The molecule has 6 unspecified atom stereocenters. The second-order valence-electron chi connectivity index (χ2n) is 25.1. The fraction of sp³-hybridized carbons (Fsp3) is 0.963. The van der Waals surface area contributed by atoms with E-state index >= 15 is 0 Å². The predicted octanol–water partition coefficient (Wildman–Crippen LogP) is 13.3. The zero-order chi connectivity index (χ0) is 41.9. The lowest BCUT2D eigenvalue weighted by molar-refractivity contribution is -0.169. The van der Waals surface area contributed by atoms with Crippen molar-refractivity contribution in [1.82, 2.24) is 0 Å². The molecule has 8 rings (SSSR count). The highest BCUT2D eigenvalue weighted by Crippen LogP contribution is 2.70. The maximum absolute atomic E-state index is 12.1. The molecule has 332 valence electrons. The lowest BCUT2D eigenvalue weighted by atomic mass is 9.44. The summed E-state index contributed by atoms with van der Waals surface area (Å²) in [5, 5.41) is 22.6. The molecule has 0 heterocycles. The molecule has 58 heavy (non-hydrogen) atoms. The summed E-state index contributed by atoms with van der Waals surface area (Å²) in [6, 6.07) is 0. The van der Waals surface area contributed by atoms with Gasteiger partial charge >= 0.3 is 0 Å². The minimum Gasteiger partial charge on any atom is -0.393 e. The molecule has 0 aliphatic heterocycles. The van der Waals surface area contributed by atoms with Crippen molar-refractivity contribution in [2.24, 2.45) is 105 Å². The Hall–Kier alpha value is -0.740. The second kappa shape index (κ2) is 17.4. The van der Waals surface area contributed by atoms with Crippen LogP contribution in [0.4, 0.5) is 0 Å². The summed E-state index contributed by atoms with van der Waals surface area (Å²) in [5.41, 5.74) is 1.43. The first-order valence-electron chi connectivity index (χ1n) is 25.7. The van der Waals surface area contributed by atoms with E-state index in [2.05, 4.69) is 69.2 Å². The Morgan fingerprint density at radius 3 is 1.22 bits per heavy atom. The normalized spacial score (nSPS) is 48.2. The predicted molar refractivity (Wildman–Crippen MR) is 239 cm³/mol. The summed E-state index contributed by atoms with van der Waals surface area (Å²) >= 11 is 0. The lowest BCUT2D eigenvalue weighted by Gasteiger charge is -2.62. The van der Waals surface area contributed by atoms with Gasteiger partial charge in [-0.1, -0.05) is 108 Å². The Bertz CT molecular complexity index is 1330. The van der Waals surface area contributed by atoms with Gasteiger partial charge in [-0.3, -0.25) is 9.59 Å². The summed E-state index contributed by atoms with van der Waals surface area (Å²) in [6.45, 7) is 24.6. The largest absolute Gasteiger partial charge is 0.393 e. The fourth-order valence-corrected chi connectivity index (χ4v) is 18.1. The van der Waals surface area contributed by atoms with Gasteiger partial charge in [-0.15, -0.1) is 0 Å². The van der Waals surface area contributed by atoms with Gasteiger partial charge < -0.3 is 10.2 Å². The Labute approximate surface area is 357 Å². The maximum Gasteiger partial charge on any atom is 0.133 e. The van der Waals surface area contributed by atoms with Crippen molar-refractivity contribution < 1.29 is 19.8 Å². The van der Waals surface area contributed by atoms with Crippen LogP contribution in [0.1, 0.15) is 210 Å². The lowest BCUT2D eigenvalue weighted by Crippen LogP contribution is -2.58. The van der Waals surface area contributed by atoms with Gasteiger partial charge in [0.05, 0.1) is 12.2 Å². The topological polar surface area (TPSA) is 74.6 Å². The average molecular weight is 805 g/mol. The molecule has 0 aromatic carbocycles. The standard InChI is InChI=1S/2C27H46O2/c2*1-17(2)7-6-8-18(3)21-9-10-22-25-23(12-14-27(21,22)5)26(4)13-11-20(28)15-19(26)16-24(25)29/h2*17-19,21-25,29H,6-16H2,1-5H3/t18-,19-,21-,22?,23?,24+,25?,26+,27-;18-,19-,21-,22?,23?,24-,25?,26+,27-/m11/s1. The van der Waals surface area contributed by atoms with E-state index in [1.807, 2.05) is 0 Å². The summed E-state index contributed by atoms with van der Waals surface area (Å²) in [5.74, 6) is 10.3. The van der Waals surface area contributed by atoms with Crippen LogP contribution in [0, 0.1) is 105 Å². The molecule has 18 atom stereocenters. The van der Waals surface area contributed by atoms with Gasteiger partial charge in [0.2, 0.25) is 0 Å². The van der Waals surface area contributed by atoms with E-state index in [0.717, 1.165) is 86.9 Å². The number of aliphatic hydroxyl groups is 2. The molecule has 8 aliphatic carbocycles. The van der Waals surface area contributed by atoms with Crippen LogP contribution < -0.4 is 0 Å². The number of carbonyl (C=O) groups excluding carboxylic acids is 2. The zero-order valence-corrected chi connectivity index (χ0v) is 39.5. The van der Waals surface area contributed by atoms with Crippen molar-refractivity contribution in [3.8, 4) is 0 Å². The number of hydrogen-bond donors (Lipinski definition) is 2. The first-order valence-corrected chi connectivity index (χ1v) is 25.7. The smallest absolute Gasteiger partial charge is 0.133 e. The third kappa shape index (κ3) is 8.15. The van der Waals surface area contributed by atoms with E-state index in [0.29, 0.717) is 80.6 Å². The molecule has 0 aromatic heterocycles. The van der Waals surface area contributed by atoms with Crippen molar-refractivity contribution in [3.63, 3.8) is 0 Å². The highest BCUT2D eigenvalue weighted by molar-refractivity contribution is 5.80. The maximum atomic E-state index is 12.1. The zero-order valence-electron chi connectivity index (χ0n) is 39.5. The van der Waals surface area contributed by atoms with Crippen molar-refractivity contribution in [1.29, 1.82) is 0 Å². The number of rotatable bonds is 10. The fourth-order valence-electron chi connectivity index (χ4n) is 18.1. The van der Waals surface area contributed by atoms with Crippen LogP contribution in [0.2, 0.25) is 0 Å². The first-order chi connectivity index (χ1) is 27.3. The molecule has 8 saturated carbocycles. The third-order valence-electron chi connectivity index (χ3n) is 21.4. The number of Topliss-reactive ketones (excluding diaryl/α,β-unsaturated/α-hetero) is 2. The summed E-state index contributed by atoms with van der Waals surface area (Å²) in [6.07, 6.45) is 25.5. The first kappa shape index (κ1) is 45.3. The molecule has 0 saturated heterocycles. The van der Waals surface area contributed by atoms with Gasteiger partial charge in [-0.05, 0) is 182 Å². The molecule has 0 amide bonds. The second-order valence-corrected chi connectivity index (χ2v) is 25.1. The highest BCUT2D eigenvalue weighted by atomic mass is 16.3. The van der Waals surface area contributed by atoms with Gasteiger partial charge in [0.1, 0.15) is 11.6 Å². The van der Waals surface area contributed by atoms with Crippen molar-refractivity contribution in [3.05, 3.63) is 0 Å². The third-order valence-corrected chi connectivity index (χ3v) is 21.4. The van der Waals surface area contributed by atoms with E-state index in [4.69, 9.17) is 0 Å². The SMILES string of the molecule is CC(C)CCC[C@@H](C)[C@H]1CCC2C3C(CC[C@@]21C)[C@@]1(C)CCC(=O)C[C@@H]1C[C@@H]3O.CC(C)CCC[C@@H](C)[C@H]1CCC2C3C(CC[C@@]21C)[C@@]1(C)CCC(=O)C[C@@H]1C[C@H]3O. The highest BCUT2D eigenvalue weighted by Gasteiger charge is 2.64. The molecular formula is C54H92O4. The van der Waals surface area contributed by atoms with E-state index in [1.165, 1.54) is 89.9 Å². The Morgan fingerprint density at radius 1 is 0.500 bits per heavy atom. The van der Waals surface area contributed by atoms with Gasteiger partial charge in [0.25, 0.3) is 0 Å². The molecule has 8 aliphatic rings. The number of ketones is 2. The Kier molecular flexibility index (Phi) is 13.6. The monoisotopic (exact) mass is 805 g/mol. The molecule has 4 heteroatoms. The summed E-state index contributed by atoms with van der Waals surface area (Å²) in [4.78, 5) is 24.3. The van der Waals surface area contributed by atoms with Crippen LogP contribution in [0.5, 0.6) is 0 Å². The van der Waals surface area contributed by atoms with Crippen LogP contribution in [0.3, 0.4) is 0 Å². The molecule has 8 fully saturated rings. The number of fused-ring (bicyclic) bond motifs is 10. The number of hydrogen-bond acceptors (Lipinski definition) is 4. The van der Waals surface area contributed by atoms with E-state index < -0.39 is 0 Å². The van der Waals surface area contributed by atoms with E-state index in [9.17, 15) is 19.8 Å². The van der Waals surface area contributed by atoms with E-state index in [-0.39, 0.29) is 12.2 Å². The molecule has 0 radical (unpaired) electrons. The van der Waals surface area contributed by atoms with Crippen LogP contribution in [-0.2, 0) is 9.59 Å². The summed E-state index contributed by atoms with van der Waals surface area (Å²) in [7, 11) is 0. The van der Waals surface area contributed by atoms with Crippen LogP contribution in [0.25, 0.3) is 0 Å². The van der Waals surface area contributed by atoms with Gasteiger partial charge in [-0.25, -0.2) is 0 Å². The van der Waals surface area contributed by atoms with Gasteiger partial charge in [-0.2, -0.15) is 0 Å². The molecule has 0 bridgehead atoms. The minimum absolute atomic E-state index is 0.177. The van der Waals surface area contributed by atoms with Crippen molar-refractivity contribution in [2.75, 3.05) is 0 Å². The minimum atomic E-state index is -0.177.